The van der Waals surface area contributed by atoms with Crippen molar-refractivity contribution in [2.75, 3.05) is 12.4 Å². The normalized spacial score (nSPS) is 12.2. The van der Waals surface area contributed by atoms with Gasteiger partial charge in [0.05, 0.1) is 6.20 Å². The van der Waals surface area contributed by atoms with E-state index >= 15 is 0 Å². The van der Waals surface area contributed by atoms with Crippen LogP contribution in [0.2, 0.25) is 0 Å². The summed E-state index contributed by atoms with van der Waals surface area (Å²) in [6.45, 7) is -0.673. The summed E-state index contributed by atoms with van der Waals surface area (Å²) in [6, 6.07) is 7.42. The van der Waals surface area contributed by atoms with Crippen molar-refractivity contribution in [3.63, 3.8) is 0 Å². The summed E-state index contributed by atoms with van der Waals surface area (Å²) in [6.07, 6.45) is 0.706. The van der Waals surface area contributed by atoms with E-state index < -0.39 is 12.8 Å². The number of anilines is 1. The Morgan fingerprint density at radius 3 is 2.84 bits per heavy atom. The molecule has 0 aliphatic rings. The lowest BCUT2D eigenvalue weighted by Crippen LogP contribution is -2.13. The van der Waals surface area contributed by atoms with Crippen LogP contribution in [0.3, 0.4) is 0 Å². The lowest BCUT2D eigenvalue weighted by Gasteiger charge is -2.17. The molecule has 19 heavy (non-hydrogen) atoms. The lowest BCUT2D eigenvalue weighted by atomic mass is 10.1. The van der Waals surface area contributed by atoms with Crippen LogP contribution in [0, 0.1) is 3.57 Å². The van der Waals surface area contributed by atoms with Crippen molar-refractivity contribution >= 4 is 44.3 Å². The van der Waals surface area contributed by atoms with Gasteiger partial charge in [0.1, 0.15) is 11.3 Å². The predicted octanol–water partition coefficient (Wildman–Crippen LogP) is 3.52. The fraction of sp³-hybridized carbons (Fsp3) is 0.167. The molecule has 2 aromatic rings. The molecule has 0 aliphatic carbocycles. The Hall–Kier alpha value is -0.960. The number of aromatic nitrogens is 2. The van der Waals surface area contributed by atoms with Crippen LogP contribution in [0.1, 0.15) is 11.7 Å². The summed E-state index contributed by atoms with van der Waals surface area (Å²) in [5.74, 6) is 0.254. The fourth-order valence-corrected chi connectivity index (χ4v) is 2.50. The maximum Gasteiger partial charge on any atom is 0.259 e. The minimum Gasteiger partial charge on any atom is -0.464 e. The maximum atomic E-state index is 13.2. The average Bonchev–Trinajstić information content (AvgIpc) is 2.41. The second kappa shape index (κ2) is 6.47. The van der Waals surface area contributed by atoms with Crippen molar-refractivity contribution in [1.82, 2.24) is 9.97 Å². The van der Waals surface area contributed by atoms with E-state index in [9.17, 15) is 4.39 Å². The minimum absolute atomic E-state index is 0.122. The van der Waals surface area contributed by atoms with Gasteiger partial charge >= 0.3 is 0 Å². The van der Waals surface area contributed by atoms with E-state index in [1.54, 1.807) is 0 Å². The van der Waals surface area contributed by atoms with Gasteiger partial charge in [0.15, 0.2) is 11.9 Å². The Morgan fingerprint density at radius 2 is 2.16 bits per heavy atom. The summed E-state index contributed by atoms with van der Waals surface area (Å²) in [7, 11) is 0. The third-order valence-corrected chi connectivity index (χ3v) is 3.75. The number of halogens is 3. The summed E-state index contributed by atoms with van der Waals surface area (Å²) >= 11 is 5.31. The first-order valence-corrected chi connectivity index (χ1v) is 7.24. The highest BCUT2D eigenvalue weighted by Crippen LogP contribution is 2.28. The van der Waals surface area contributed by atoms with Crippen LogP contribution >= 0.6 is 38.5 Å². The third-order valence-electron chi connectivity index (χ3n) is 2.38. The van der Waals surface area contributed by atoms with Crippen LogP contribution in [0.25, 0.3) is 0 Å². The van der Waals surface area contributed by atoms with E-state index in [0.717, 1.165) is 9.13 Å². The first kappa shape index (κ1) is 14.4. The van der Waals surface area contributed by atoms with Gasteiger partial charge in [-0.05, 0) is 44.6 Å². The van der Waals surface area contributed by atoms with Crippen LogP contribution in [0.4, 0.5) is 10.2 Å². The van der Waals surface area contributed by atoms with Gasteiger partial charge in [0.2, 0.25) is 0 Å². The number of rotatable bonds is 4. The predicted molar refractivity (Wildman–Crippen MR) is 82.6 cm³/mol. The molecule has 1 unspecified atom stereocenters. The Balaban J connectivity index is 2.29. The van der Waals surface area contributed by atoms with Crippen LogP contribution in [-0.2, 0) is 0 Å². The molecule has 0 bridgehead atoms. The summed E-state index contributed by atoms with van der Waals surface area (Å²) in [4.78, 5) is 7.95. The van der Waals surface area contributed by atoms with E-state index in [1.165, 1.54) is 6.20 Å². The molecule has 4 nitrogen and oxygen atoms in total. The molecule has 2 N–H and O–H groups in total. The summed E-state index contributed by atoms with van der Waals surface area (Å²) < 4.78 is 20.1. The molecule has 1 aromatic heterocycles. The van der Waals surface area contributed by atoms with Gasteiger partial charge in [-0.2, -0.15) is 0 Å². The van der Waals surface area contributed by atoms with Gasteiger partial charge in [-0.15, -0.1) is 0 Å². The minimum atomic E-state index is -0.751. The molecule has 2 rings (SSSR count). The lowest BCUT2D eigenvalue weighted by molar-refractivity contribution is 0.159. The first-order valence-electron chi connectivity index (χ1n) is 5.37. The fourth-order valence-electron chi connectivity index (χ4n) is 1.50. The van der Waals surface area contributed by atoms with Crippen molar-refractivity contribution in [1.29, 1.82) is 0 Å². The van der Waals surface area contributed by atoms with Crippen LogP contribution in [-0.4, -0.2) is 16.6 Å². The van der Waals surface area contributed by atoms with E-state index in [0.29, 0.717) is 4.60 Å². The van der Waals surface area contributed by atoms with Gasteiger partial charge in [-0.3, -0.25) is 0 Å². The molecule has 0 fully saturated rings. The highest BCUT2D eigenvalue weighted by Gasteiger charge is 2.18. The molecule has 1 heterocycles. The summed E-state index contributed by atoms with van der Waals surface area (Å²) in [5.41, 5.74) is 6.42. The quantitative estimate of drug-likeness (QED) is 0.743. The van der Waals surface area contributed by atoms with Crippen molar-refractivity contribution in [3.8, 4) is 5.88 Å². The first-order chi connectivity index (χ1) is 9.11. The van der Waals surface area contributed by atoms with Crippen LogP contribution < -0.4 is 10.5 Å². The molecule has 100 valence electrons. The van der Waals surface area contributed by atoms with E-state index in [2.05, 4.69) is 48.5 Å². The van der Waals surface area contributed by atoms with Crippen LogP contribution in [0.5, 0.6) is 5.88 Å². The number of nitrogen functional groups attached to an aromatic ring is 1. The Kier molecular flexibility index (Phi) is 4.92. The zero-order chi connectivity index (χ0) is 13.8. The average molecular weight is 438 g/mol. The zero-order valence-corrected chi connectivity index (χ0v) is 13.4. The second-order valence-corrected chi connectivity index (χ2v) is 5.64. The topological polar surface area (TPSA) is 61.0 Å². The molecule has 0 saturated carbocycles. The monoisotopic (exact) mass is 437 g/mol. The number of ether oxygens (including phenoxy) is 1. The van der Waals surface area contributed by atoms with Gasteiger partial charge in [-0.1, -0.05) is 18.2 Å². The molecule has 1 aromatic carbocycles. The highest BCUT2D eigenvalue weighted by molar-refractivity contribution is 14.1. The molecular weight excluding hydrogens is 428 g/mol. The molecule has 0 saturated heterocycles. The smallest absolute Gasteiger partial charge is 0.259 e. The van der Waals surface area contributed by atoms with Gasteiger partial charge < -0.3 is 10.5 Å². The van der Waals surface area contributed by atoms with Crippen molar-refractivity contribution in [3.05, 3.63) is 44.2 Å². The molecule has 0 spiro atoms. The molecule has 0 aliphatic heterocycles. The van der Waals surface area contributed by atoms with Crippen LogP contribution in [0.15, 0.2) is 35.1 Å². The van der Waals surface area contributed by atoms with Crippen molar-refractivity contribution in [2.45, 2.75) is 6.10 Å². The van der Waals surface area contributed by atoms with Crippen molar-refractivity contribution in [2.24, 2.45) is 0 Å². The molecule has 0 radical (unpaired) electrons. The Morgan fingerprint density at radius 1 is 1.42 bits per heavy atom. The third kappa shape index (κ3) is 3.53. The van der Waals surface area contributed by atoms with E-state index in [-0.39, 0.29) is 11.7 Å². The zero-order valence-electron chi connectivity index (χ0n) is 9.69. The van der Waals surface area contributed by atoms with Gasteiger partial charge in [0.25, 0.3) is 5.88 Å². The molecule has 0 amide bonds. The summed E-state index contributed by atoms with van der Waals surface area (Å²) in [5, 5.41) is 0. The molecular formula is C12H10BrFIN3O. The van der Waals surface area contributed by atoms with E-state index in [4.69, 9.17) is 10.5 Å². The van der Waals surface area contributed by atoms with Crippen molar-refractivity contribution < 1.29 is 9.13 Å². The number of nitrogens with zero attached hydrogens (tertiary/aromatic N) is 2. The highest BCUT2D eigenvalue weighted by atomic mass is 127. The number of hydrogen-bond acceptors (Lipinski definition) is 4. The number of alkyl halides is 1. The number of benzene rings is 1. The largest absolute Gasteiger partial charge is 0.464 e. The van der Waals surface area contributed by atoms with Gasteiger partial charge in [-0.25, -0.2) is 14.4 Å². The maximum absolute atomic E-state index is 13.2. The van der Waals surface area contributed by atoms with E-state index in [1.807, 2.05) is 24.3 Å². The Bertz CT molecular complexity index is 585. The number of nitrogens with two attached hydrogens (primary N) is 1. The van der Waals surface area contributed by atoms with Gasteiger partial charge in [0, 0.05) is 9.13 Å². The standard InChI is InChI=1S/C12H10BrFIN3O/c13-10-6-17-11(16)12(18-10)19-9(5-14)7-3-1-2-4-8(7)15/h1-4,6,9H,5H2,(H2,16,17). The SMILES string of the molecule is Nc1ncc(Br)nc1OC(CF)c1ccccc1I. The molecule has 7 heteroatoms. The second-order valence-electron chi connectivity index (χ2n) is 3.67. The Labute approximate surface area is 131 Å². The molecule has 1 atom stereocenters. The number of hydrogen-bond donors (Lipinski definition) is 1.